The number of methoxy groups -OCH3 is 1. The first-order valence-corrected chi connectivity index (χ1v) is 6.39. The smallest absolute Gasteiger partial charge is 0.325 e. The van der Waals surface area contributed by atoms with Gasteiger partial charge in [0.05, 0.1) is 7.11 Å². The van der Waals surface area contributed by atoms with Crippen LogP contribution >= 0.6 is 11.3 Å². The Kier molecular flexibility index (Phi) is 5.24. The van der Waals surface area contributed by atoms with Crippen molar-refractivity contribution < 1.29 is 14.3 Å². The van der Waals surface area contributed by atoms with Crippen LogP contribution < -0.4 is 5.73 Å². The Bertz CT molecular complexity index is 431. The second kappa shape index (κ2) is 6.46. The number of carbonyl (C=O) groups is 2. The van der Waals surface area contributed by atoms with Gasteiger partial charge in [-0.25, -0.2) is 4.98 Å². The van der Waals surface area contributed by atoms with E-state index in [1.807, 2.05) is 13.8 Å². The first-order valence-electron chi connectivity index (χ1n) is 5.51. The molecule has 0 spiro atoms. The third-order valence-electron chi connectivity index (χ3n) is 2.36. The van der Waals surface area contributed by atoms with Gasteiger partial charge in [-0.05, 0) is 13.8 Å². The van der Waals surface area contributed by atoms with Gasteiger partial charge in [-0.3, -0.25) is 9.59 Å². The molecule has 18 heavy (non-hydrogen) atoms. The molecule has 0 unspecified atom stereocenters. The van der Waals surface area contributed by atoms with E-state index in [0.29, 0.717) is 17.2 Å². The summed E-state index contributed by atoms with van der Waals surface area (Å²) in [5.74, 6) is -0.738. The van der Waals surface area contributed by atoms with Crippen LogP contribution in [0.3, 0.4) is 0 Å². The van der Waals surface area contributed by atoms with Crippen molar-refractivity contribution in [2.24, 2.45) is 5.73 Å². The highest BCUT2D eigenvalue weighted by atomic mass is 32.1. The van der Waals surface area contributed by atoms with Gasteiger partial charge in [0, 0.05) is 18.0 Å². The minimum absolute atomic E-state index is 0.0809. The summed E-state index contributed by atoms with van der Waals surface area (Å²) in [5, 5.41) is 2.34. The normalized spacial score (nSPS) is 10.5. The van der Waals surface area contributed by atoms with Gasteiger partial charge in [0.15, 0.2) is 0 Å². The van der Waals surface area contributed by atoms with E-state index in [1.165, 1.54) is 23.3 Å². The van der Waals surface area contributed by atoms with E-state index in [0.717, 1.165) is 0 Å². The second-order valence-electron chi connectivity index (χ2n) is 3.93. The summed E-state index contributed by atoms with van der Waals surface area (Å²) in [6, 6.07) is -0.111. The molecule has 0 saturated heterocycles. The molecule has 100 valence electrons. The molecule has 6 nitrogen and oxygen atoms in total. The Morgan fingerprint density at radius 1 is 1.56 bits per heavy atom. The molecule has 0 aliphatic heterocycles. The lowest BCUT2D eigenvalue weighted by Gasteiger charge is -2.24. The first-order chi connectivity index (χ1) is 8.49. The van der Waals surface area contributed by atoms with Crippen molar-refractivity contribution in [2.75, 3.05) is 13.7 Å². The molecule has 7 heteroatoms. The van der Waals surface area contributed by atoms with Crippen molar-refractivity contribution in [3.8, 4) is 0 Å². The van der Waals surface area contributed by atoms with Gasteiger partial charge in [0.1, 0.15) is 17.2 Å². The predicted octanol–water partition coefficient (Wildman–Crippen LogP) is 0.625. The lowest BCUT2D eigenvalue weighted by atomic mass is 10.3. The number of carbonyl (C=O) groups excluding carboxylic acids is 2. The maximum absolute atomic E-state index is 12.2. The van der Waals surface area contributed by atoms with Gasteiger partial charge in [0.25, 0.3) is 5.91 Å². The number of ether oxygens (including phenoxy) is 1. The van der Waals surface area contributed by atoms with Crippen LogP contribution in [-0.2, 0) is 16.1 Å². The van der Waals surface area contributed by atoms with Crippen molar-refractivity contribution >= 4 is 23.2 Å². The van der Waals surface area contributed by atoms with Crippen LogP contribution in [0.2, 0.25) is 0 Å². The summed E-state index contributed by atoms with van der Waals surface area (Å²) in [5.41, 5.74) is 5.77. The molecule has 1 aromatic heterocycles. The number of nitrogens with two attached hydrogens (primary N) is 1. The van der Waals surface area contributed by atoms with E-state index < -0.39 is 5.97 Å². The molecule has 0 aromatic carbocycles. The summed E-state index contributed by atoms with van der Waals surface area (Å²) in [7, 11) is 1.29. The molecule has 1 amide bonds. The standard InChI is InChI=1S/C11H17N3O3S/c1-7(2)14(5-10(15)17-3)11(16)8-6-18-9(4-12)13-8/h6-7H,4-5,12H2,1-3H3. The van der Waals surface area contributed by atoms with E-state index in [9.17, 15) is 9.59 Å². The number of aromatic nitrogens is 1. The number of thiazole rings is 1. The maximum atomic E-state index is 12.2. The summed E-state index contributed by atoms with van der Waals surface area (Å²) in [4.78, 5) is 29.0. The topological polar surface area (TPSA) is 85.5 Å². The fraction of sp³-hybridized carbons (Fsp3) is 0.545. The van der Waals surface area contributed by atoms with Crippen LogP contribution in [-0.4, -0.2) is 41.5 Å². The number of rotatable bonds is 5. The Morgan fingerprint density at radius 3 is 2.67 bits per heavy atom. The fourth-order valence-corrected chi connectivity index (χ4v) is 1.99. The van der Waals surface area contributed by atoms with Crippen molar-refractivity contribution in [2.45, 2.75) is 26.4 Å². The predicted molar refractivity (Wildman–Crippen MR) is 68.2 cm³/mol. The first kappa shape index (κ1) is 14.6. The second-order valence-corrected chi connectivity index (χ2v) is 4.88. The van der Waals surface area contributed by atoms with Crippen LogP contribution in [0.4, 0.5) is 0 Å². The largest absolute Gasteiger partial charge is 0.468 e. The molecule has 0 aliphatic rings. The summed E-state index contributed by atoms with van der Waals surface area (Å²) in [6.07, 6.45) is 0. The maximum Gasteiger partial charge on any atom is 0.325 e. The number of nitrogens with zero attached hydrogens (tertiary/aromatic N) is 2. The van der Waals surface area contributed by atoms with Crippen LogP contribution in [0.1, 0.15) is 29.3 Å². The van der Waals surface area contributed by atoms with Crippen molar-refractivity contribution in [1.82, 2.24) is 9.88 Å². The highest BCUT2D eigenvalue weighted by molar-refractivity contribution is 7.09. The highest BCUT2D eigenvalue weighted by Crippen LogP contribution is 2.13. The van der Waals surface area contributed by atoms with E-state index in [-0.39, 0.29) is 18.5 Å². The number of esters is 1. The molecule has 0 saturated carbocycles. The van der Waals surface area contributed by atoms with Gasteiger partial charge < -0.3 is 15.4 Å². The minimum atomic E-state index is -0.452. The molecule has 0 radical (unpaired) electrons. The van der Waals surface area contributed by atoms with Gasteiger partial charge in [-0.2, -0.15) is 0 Å². The lowest BCUT2D eigenvalue weighted by molar-refractivity contribution is -0.141. The highest BCUT2D eigenvalue weighted by Gasteiger charge is 2.23. The SMILES string of the molecule is COC(=O)CN(C(=O)c1csc(CN)n1)C(C)C. The van der Waals surface area contributed by atoms with E-state index >= 15 is 0 Å². The molecule has 1 rings (SSSR count). The van der Waals surface area contributed by atoms with Crippen molar-refractivity contribution in [1.29, 1.82) is 0 Å². The Morgan fingerprint density at radius 2 is 2.22 bits per heavy atom. The molecule has 1 heterocycles. The molecular weight excluding hydrogens is 254 g/mol. The number of hydrogen-bond donors (Lipinski definition) is 1. The monoisotopic (exact) mass is 271 g/mol. The van der Waals surface area contributed by atoms with Crippen molar-refractivity contribution in [3.05, 3.63) is 16.1 Å². The van der Waals surface area contributed by atoms with Gasteiger partial charge in [0.2, 0.25) is 0 Å². The molecule has 0 fully saturated rings. The molecule has 0 bridgehead atoms. The lowest BCUT2D eigenvalue weighted by Crippen LogP contribution is -2.41. The van der Waals surface area contributed by atoms with E-state index in [2.05, 4.69) is 9.72 Å². The zero-order chi connectivity index (χ0) is 13.7. The van der Waals surface area contributed by atoms with Gasteiger partial charge in [-0.1, -0.05) is 0 Å². The van der Waals surface area contributed by atoms with Crippen molar-refractivity contribution in [3.63, 3.8) is 0 Å². The zero-order valence-electron chi connectivity index (χ0n) is 10.7. The molecule has 2 N–H and O–H groups in total. The number of hydrogen-bond acceptors (Lipinski definition) is 6. The molecule has 0 atom stereocenters. The van der Waals surface area contributed by atoms with Crippen LogP contribution in [0, 0.1) is 0 Å². The fourth-order valence-electron chi connectivity index (χ4n) is 1.34. The average molecular weight is 271 g/mol. The average Bonchev–Trinajstić information content (AvgIpc) is 2.83. The zero-order valence-corrected chi connectivity index (χ0v) is 11.5. The minimum Gasteiger partial charge on any atom is -0.468 e. The van der Waals surface area contributed by atoms with Crippen LogP contribution in [0.15, 0.2) is 5.38 Å². The summed E-state index contributed by atoms with van der Waals surface area (Å²) < 4.78 is 4.57. The van der Waals surface area contributed by atoms with Crippen LogP contribution in [0.25, 0.3) is 0 Å². The Hall–Kier alpha value is -1.47. The Labute approximate surface area is 110 Å². The Balaban J connectivity index is 2.85. The molecule has 1 aromatic rings. The molecular formula is C11H17N3O3S. The number of amides is 1. The third-order valence-corrected chi connectivity index (χ3v) is 3.23. The summed E-state index contributed by atoms with van der Waals surface area (Å²) >= 11 is 1.33. The van der Waals surface area contributed by atoms with Crippen LogP contribution in [0.5, 0.6) is 0 Å². The third kappa shape index (κ3) is 3.51. The van der Waals surface area contributed by atoms with Gasteiger partial charge >= 0.3 is 5.97 Å². The van der Waals surface area contributed by atoms with E-state index in [4.69, 9.17) is 5.73 Å². The summed E-state index contributed by atoms with van der Waals surface area (Å²) in [6.45, 7) is 3.88. The quantitative estimate of drug-likeness (QED) is 0.794. The molecule has 0 aliphatic carbocycles. The van der Waals surface area contributed by atoms with Gasteiger partial charge in [-0.15, -0.1) is 11.3 Å². The van der Waals surface area contributed by atoms with E-state index in [1.54, 1.807) is 5.38 Å².